The minimum Gasteiger partial charge on any atom is -0.348 e. The van der Waals surface area contributed by atoms with Gasteiger partial charge in [0.05, 0.1) is 22.1 Å². The molecule has 0 aliphatic heterocycles. The second-order valence-corrected chi connectivity index (χ2v) is 12.8. The molecule has 1 N–H and O–H groups in total. The first kappa shape index (κ1) is 26.7. The highest BCUT2D eigenvalue weighted by atomic mass is 32.2. The van der Waals surface area contributed by atoms with Crippen LogP contribution in [0.3, 0.4) is 0 Å². The Hall–Kier alpha value is -2.88. The van der Waals surface area contributed by atoms with Crippen LogP contribution >= 0.6 is 0 Å². The van der Waals surface area contributed by atoms with Crippen LogP contribution in [0.1, 0.15) is 73.1 Å². The first-order valence-corrected chi connectivity index (χ1v) is 14.9. The van der Waals surface area contributed by atoms with Crippen molar-refractivity contribution < 1.29 is 26.4 Å². The van der Waals surface area contributed by atoms with E-state index in [-0.39, 0.29) is 41.9 Å². The molecule has 2 aromatic heterocycles. The summed E-state index contributed by atoms with van der Waals surface area (Å²) in [7, 11) is -3.27. The van der Waals surface area contributed by atoms with Crippen molar-refractivity contribution >= 4 is 26.8 Å². The summed E-state index contributed by atoms with van der Waals surface area (Å²) in [6.07, 6.45) is 1.82. The summed E-state index contributed by atoms with van der Waals surface area (Å²) >= 11 is 0. The van der Waals surface area contributed by atoms with Gasteiger partial charge in [-0.2, -0.15) is 13.2 Å². The lowest BCUT2D eigenvalue weighted by Crippen LogP contribution is -2.28. The number of hydrogen-bond acceptors (Lipinski definition) is 4. The van der Waals surface area contributed by atoms with Crippen LogP contribution in [0.4, 0.5) is 13.2 Å². The second-order valence-electron chi connectivity index (χ2n) is 10.6. The van der Waals surface area contributed by atoms with Gasteiger partial charge in [0.15, 0.2) is 9.84 Å². The number of benzene rings is 1. The van der Waals surface area contributed by atoms with Gasteiger partial charge < -0.3 is 9.88 Å². The van der Waals surface area contributed by atoms with Crippen LogP contribution in [0.5, 0.6) is 0 Å². The molecule has 2 heterocycles. The summed E-state index contributed by atoms with van der Waals surface area (Å²) in [4.78, 5) is 17.7. The molecule has 0 unspecified atom stereocenters. The largest absolute Gasteiger partial charge is 0.391 e. The van der Waals surface area contributed by atoms with E-state index in [0.717, 1.165) is 41.6 Å². The summed E-state index contributed by atoms with van der Waals surface area (Å²) in [5.41, 5.74) is 3.11. The average molecular weight is 548 g/mol. The molecular weight excluding hydrogens is 515 g/mol. The Morgan fingerprint density at radius 2 is 1.74 bits per heavy atom. The van der Waals surface area contributed by atoms with Gasteiger partial charge >= 0.3 is 6.18 Å². The molecule has 2 fully saturated rings. The Balaban J connectivity index is 1.27. The van der Waals surface area contributed by atoms with Crippen molar-refractivity contribution in [3.8, 4) is 0 Å². The molecule has 6 nitrogen and oxygen atoms in total. The van der Waals surface area contributed by atoms with Crippen molar-refractivity contribution in [1.29, 1.82) is 0 Å². The topological polar surface area (TPSA) is 81.1 Å². The lowest BCUT2D eigenvalue weighted by Gasteiger charge is -2.30. The van der Waals surface area contributed by atoms with Crippen LogP contribution in [0.15, 0.2) is 47.5 Å². The van der Waals surface area contributed by atoms with Crippen LogP contribution in [-0.2, 0) is 22.8 Å². The fourth-order valence-electron chi connectivity index (χ4n) is 5.44. The molecule has 204 valence electrons. The van der Waals surface area contributed by atoms with E-state index in [2.05, 4.69) is 14.9 Å². The Morgan fingerprint density at radius 3 is 2.34 bits per heavy atom. The normalized spacial score (nSPS) is 20.5. The van der Waals surface area contributed by atoms with Crippen LogP contribution < -0.4 is 5.32 Å². The summed E-state index contributed by atoms with van der Waals surface area (Å²) in [5.74, 6) is -1.21. The number of carbonyl (C=O) groups is 1. The van der Waals surface area contributed by atoms with Gasteiger partial charge in [-0.25, -0.2) is 13.4 Å². The van der Waals surface area contributed by atoms with E-state index in [1.54, 1.807) is 37.4 Å². The molecule has 1 aromatic carbocycles. The maximum atomic E-state index is 13.1. The van der Waals surface area contributed by atoms with E-state index in [1.807, 2.05) is 12.1 Å². The summed E-state index contributed by atoms with van der Waals surface area (Å²) in [6, 6.07) is 10.7. The molecule has 2 saturated carbocycles. The third-order valence-corrected chi connectivity index (χ3v) is 9.60. The van der Waals surface area contributed by atoms with Crippen LogP contribution in [0.25, 0.3) is 11.0 Å². The van der Waals surface area contributed by atoms with Gasteiger partial charge in [0.25, 0.3) is 5.91 Å². The number of aromatic nitrogens is 2. The van der Waals surface area contributed by atoms with Crippen molar-refractivity contribution in [2.24, 2.45) is 11.8 Å². The number of sulfone groups is 1. The molecule has 0 atom stereocenters. The van der Waals surface area contributed by atoms with Crippen molar-refractivity contribution in [3.05, 3.63) is 59.4 Å². The van der Waals surface area contributed by atoms with Crippen molar-refractivity contribution in [3.63, 3.8) is 0 Å². The molecule has 2 aliphatic carbocycles. The van der Waals surface area contributed by atoms with Crippen molar-refractivity contribution in [2.45, 2.75) is 75.5 Å². The molecule has 2 aliphatic rings. The molecular formula is C28H32F3N3O3S. The predicted octanol–water partition coefficient (Wildman–Crippen LogP) is 6.01. The number of halogens is 3. The molecule has 0 saturated heterocycles. The number of carbonyl (C=O) groups excluding carboxylic acids is 1. The van der Waals surface area contributed by atoms with E-state index in [0.29, 0.717) is 24.4 Å². The third kappa shape index (κ3) is 5.75. The quantitative estimate of drug-likeness (QED) is 0.375. The Morgan fingerprint density at radius 1 is 1.05 bits per heavy atom. The standard InChI is InChI=1S/C28H32F3N3O3S/c1-2-38(36,37)25-11-5-19(6-12-25)16-33-27(35)21-14-20-15-24(34(23-9-10-23)26(20)32-17-21)13-18-3-7-22(8-4-18)28(29,30)31/h5-6,11-12,14-15,17-18,22-23H,2-4,7-10,13,16H2,1H3,(H,33,35). The van der Waals surface area contributed by atoms with Gasteiger partial charge in [0.2, 0.25) is 0 Å². The van der Waals surface area contributed by atoms with Gasteiger partial charge in [-0.1, -0.05) is 19.1 Å². The van der Waals surface area contributed by atoms with E-state index in [4.69, 9.17) is 0 Å². The number of nitrogens with zero attached hydrogens (tertiary/aromatic N) is 2. The Kier molecular flexibility index (Phi) is 7.28. The number of nitrogens with one attached hydrogen (secondary N) is 1. The summed E-state index contributed by atoms with van der Waals surface area (Å²) in [6.45, 7) is 1.84. The molecule has 5 rings (SSSR count). The maximum Gasteiger partial charge on any atom is 0.391 e. The highest BCUT2D eigenvalue weighted by molar-refractivity contribution is 7.91. The van der Waals surface area contributed by atoms with Gasteiger partial charge in [-0.05, 0) is 80.7 Å². The second kappa shape index (κ2) is 10.4. The van der Waals surface area contributed by atoms with Gasteiger partial charge in [-0.3, -0.25) is 4.79 Å². The van der Waals surface area contributed by atoms with Crippen molar-refractivity contribution in [1.82, 2.24) is 14.9 Å². The van der Waals surface area contributed by atoms with E-state index >= 15 is 0 Å². The highest BCUT2D eigenvalue weighted by Crippen LogP contribution is 2.43. The lowest BCUT2D eigenvalue weighted by atomic mass is 9.79. The molecule has 0 spiro atoms. The fraction of sp³-hybridized carbons (Fsp3) is 0.500. The van der Waals surface area contributed by atoms with Crippen LogP contribution in [0, 0.1) is 11.8 Å². The zero-order valence-corrected chi connectivity index (χ0v) is 22.1. The third-order valence-electron chi connectivity index (χ3n) is 7.85. The molecule has 38 heavy (non-hydrogen) atoms. The fourth-order valence-corrected chi connectivity index (χ4v) is 6.33. The van der Waals surface area contributed by atoms with Gasteiger partial charge in [0.1, 0.15) is 5.65 Å². The monoisotopic (exact) mass is 547 g/mol. The van der Waals surface area contributed by atoms with Gasteiger partial charge in [-0.15, -0.1) is 0 Å². The number of pyridine rings is 1. The lowest BCUT2D eigenvalue weighted by molar-refractivity contribution is -0.183. The first-order chi connectivity index (χ1) is 18.0. The van der Waals surface area contributed by atoms with Crippen molar-refractivity contribution in [2.75, 3.05) is 5.75 Å². The summed E-state index contributed by atoms with van der Waals surface area (Å²) < 4.78 is 65.4. The number of amides is 1. The number of alkyl halides is 3. The van der Waals surface area contributed by atoms with E-state index in [1.165, 1.54) is 0 Å². The molecule has 10 heteroatoms. The number of rotatable bonds is 8. The smallest absolute Gasteiger partial charge is 0.348 e. The predicted molar refractivity (Wildman–Crippen MR) is 139 cm³/mol. The number of hydrogen-bond donors (Lipinski definition) is 1. The highest BCUT2D eigenvalue weighted by Gasteiger charge is 2.41. The Bertz CT molecular complexity index is 1420. The molecule has 0 radical (unpaired) electrons. The number of fused-ring (bicyclic) bond motifs is 1. The minimum absolute atomic E-state index is 0.0297. The van der Waals surface area contributed by atoms with Gasteiger partial charge in [0, 0.05) is 29.9 Å². The SMILES string of the molecule is CCS(=O)(=O)c1ccc(CNC(=O)c2cnc3c(c2)cc(CC2CCC(C(F)(F)F)CC2)n3C2CC2)cc1. The van der Waals surface area contributed by atoms with E-state index in [9.17, 15) is 26.4 Å². The molecule has 3 aromatic rings. The molecule has 0 bridgehead atoms. The first-order valence-electron chi connectivity index (χ1n) is 13.2. The zero-order valence-electron chi connectivity index (χ0n) is 21.3. The minimum atomic E-state index is -4.10. The summed E-state index contributed by atoms with van der Waals surface area (Å²) in [5, 5.41) is 3.72. The van der Waals surface area contributed by atoms with E-state index < -0.39 is 21.9 Å². The zero-order chi connectivity index (χ0) is 27.1. The molecule has 1 amide bonds. The van der Waals surface area contributed by atoms with Crippen LogP contribution in [-0.4, -0.2) is 35.8 Å². The van der Waals surface area contributed by atoms with Crippen LogP contribution in [0.2, 0.25) is 0 Å². The Labute approximate surface area is 220 Å². The maximum absolute atomic E-state index is 13.1. The average Bonchev–Trinajstić information content (AvgIpc) is 3.67.